The molecule has 14 heavy (non-hydrogen) atoms. The van der Waals surface area contributed by atoms with Crippen LogP contribution in [0.5, 0.6) is 0 Å². The van der Waals surface area contributed by atoms with Gasteiger partial charge in [-0.25, -0.2) is 9.37 Å². The maximum Gasteiger partial charge on any atom is 0.205 e. The fourth-order valence-electron chi connectivity index (χ4n) is 1.22. The van der Waals surface area contributed by atoms with E-state index in [2.05, 4.69) is 20.9 Å². The standard InChI is InChI=1S/C9H7BrFN3/c10-8-5-13-9(12)14(8)7-4-2-1-3-6(7)11/h1-5H,(H2,12,13). The second-order valence-corrected chi connectivity index (χ2v) is 3.54. The Labute approximate surface area is 88.5 Å². The van der Waals surface area contributed by atoms with Gasteiger partial charge in [0, 0.05) is 0 Å². The zero-order valence-corrected chi connectivity index (χ0v) is 8.70. The van der Waals surface area contributed by atoms with Crippen LogP contribution in [0.4, 0.5) is 10.3 Å². The summed E-state index contributed by atoms with van der Waals surface area (Å²) in [5, 5.41) is 0. The maximum absolute atomic E-state index is 13.4. The van der Waals surface area contributed by atoms with Gasteiger partial charge in [0.15, 0.2) is 0 Å². The molecule has 2 aromatic rings. The number of hydrogen-bond acceptors (Lipinski definition) is 2. The smallest absolute Gasteiger partial charge is 0.205 e. The molecule has 0 aliphatic carbocycles. The van der Waals surface area contributed by atoms with Crippen LogP contribution >= 0.6 is 15.9 Å². The monoisotopic (exact) mass is 255 g/mol. The number of benzene rings is 1. The molecule has 0 saturated carbocycles. The average Bonchev–Trinajstić information content (AvgIpc) is 2.48. The van der Waals surface area contributed by atoms with Crippen LogP contribution in [0.25, 0.3) is 5.69 Å². The number of para-hydroxylation sites is 1. The third-order valence-corrected chi connectivity index (χ3v) is 2.40. The van der Waals surface area contributed by atoms with Gasteiger partial charge in [0.1, 0.15) is 10.4 Å². The fraction of sp³-hybridized carbons (Fsp3) is 0. The number of anilines is 1. The van der Waals surface area contributed by atoms with Crippen LogP contribution < -0.4 is 5.73 Å². The first kappa shape index (κ1) is 9.21. The second kappa shape index (κ2) is 3.42. The molecule has 2 rings (SSSR count). The van der Waals surface area contributed by atoms with Gasteiger partial charge in [0.25, 0.3) is 0 Å². The molecule has 0 spiro atoms. The Morgan fingerprint density at radius 1 is 1.36 bits per heavy atom. The lowest BCUT2D eigenvalue weighted by molar-refractivity contribution is 0.618. The van der Waals surface area contributed by atoms with Gasteiger partial charge in [0.2, 0.25) is 5.95 Å². The summed E-state index contributed by atoms with van der Waals surface area (Å²) in [6.45, 7) is 0. The van der Waals surface area contributed by atoms with E-state index in [1.807, 2.05) is 0 Å². The first-order valence-corrected chi connectivity index (χ1v) is 4.73. The predicted molar refractivity (Wildman–Crippen MR) is 55.6 cm³/mol. The number of nitrogen functional groups attached to an aromatic ring is 1. The average molecular weight is 256 g/mol. The number of halogens is 2. The number of hydrogen-bond donors (Lipinski definition) is 1. The van der Waals surface area contributed by atoms with Gasteiger partial charge < -0.3 is 5.73 Å². The van der Waals surface area contributed by atoms with Crippen molar-refractivity contribution in [3.8, 4) is 5.69 Å². The second-order valence-electron chi connectivity index (χ2n) is 2.73. The van der Waals surface area contributed by atoms with Crippen molar-refractivity contribution in [1.29, 1.82) is 0 Å². The molecule has 0 radical (unpaired) electrons. The van der Waals surface area contributed by atoms with Crippen LogP contribution in [0.1, 0.15) is 0 Å². The highest BCUT2D eigenvalue weighted by molar-refractivity contribution is 9.10. The van der Waals surface area contributed by atoms with E-state index in [1.54, 1.807) is 18.2 Å². The number of aromatic nitrogens is 2. The highest BCUT2D eigenvalue weighted by Gasteiger charge is 2.10. The lowest BCUT2D eigenvalue weighted by Crippen LogP contribution is -2.02. The largest absolute Gasteiger partial charge is 0.369 e. The van der Waals surface area contributed by atoms with E-state index < -0.39 is 0 Å². The first-order valence-electron chi connectivity index (χ1n) is 3.94. The molecular weight excluding hydrogens is 249 g/mol. The molecule has 5 heteroatoms. The summed E-state index contributed by atoms with van der Waals surface area (Å²) in [5.41, 5.74) is 5.98. The minimum atomic E-state index is -0.335. The topological polar surface area (TPSA) is 43.8 Å². The van der Waals surface area contributed by atoms with Gasteiger partial charge in [-0.15, -0.1) is 0 Å². The molecule has 0 bridgehead atoms. The molecule has 1 aromatic carbocycles. The molecule has 0 atom stereocenters. The summed E-state index contributed by atoms with van der Waals surface area (Å²) >= 11 is 3.24. The molecule has 1 aromatic heterocycles. The van der Waals surface area contributed by atoms with E-state index in [-0.39, 0.29) is 11.8 Å². The number of nitrogens with zero attached hydrogens (tertiary/aromatic N) is 2. The third-order valence-electron chi connectivity index (χ3n) is 1.84. The minimum absolute atomic E-state index is 0.252. The van der Waals surface area contributed by atoms with Crippen LogP contribution in [0.3, 0.4) is 0 Å². The number of rotatable bonds is 1. The molecule has 0 fully saturated rings. The summed E-state index contributed by atoms with van der Waals surface area (Å²) in [5.74, 6) is -0.0834. The Morgan fingerprint density at radius 2 is 2.07 bits per heavy atom. The SMILES string of the molecule is Nc1ncc(Br)n1-c1ccccc1F. The molecule has 0 amide bonds. The van der Waals surface area contributed by atoms with E-state index >= 15 is 0 Å². The Morgan fingerprint density at radius 3 is 2.64 bits per heavy atom. The molecule has 0 saturated heterocycles. The predicted octanol–water partition coefficient (Wildman–Crippen LogP) is 2.36. The van der Waals surface area contributed by atoms with Crippen LogP contribution in [0, 0.1) is 5.82 Å². The first-order chi connectivity index (χ1) is 6.70. The molecule has 2 N–H and O–H groups in total. The number of imidazole rings is 1. The summed E-state index contributed by atoms with van der Waals surface area (Å²) in [4.78, 5) is 3.86. The van der Waals surface area contributed by atoms with Crippen molar-refractivity contribution in [2.24, 2.45) is 0 Å². The summed E-state index contributed by atoms with van der Waals surface area (Å²) in [6, 6.07) is 6.38. The van der Waals surface area contributed by atoms with E-state index in [1.165, 1.54) is 16.8 Å². The summed E-state index contributed by atoms with van der Waals surface area (Å²) in [7, 11) is 0. The van der Waals surface area contributed by atoms with Crippen LogP contribution in [-0.2, 0) is 0 Å². The quantitative estimate of drug-likeness (QED) is 0.851. The van der Waals surface area contributed by atoms with Crippen molar-refractivity contribution in [3.05, 3.63) is 40.9 Å². The molecule has 3 nitrogen and oxygen atoms in total. The molecule has 0 aliphatic heterocycles. The Kier molecular flexibility index (Phi) is 2.25. The molecule has 0 aliphatic rings. The van der Waals surface area contributed by atoms with Crippen molar-refractivity contribution < 1.29 is 4.39 Å². The molecular formula is C9H7BrFN3. The third kappa shape index (κ3) is 1.39. The van der Waals surface area contributed by atoms with E-state index in [0.29, 0.717) is 10.3 Å². The summed E-state index contributed by atoms with van der Waals surface area (Å²) in [6.07, 6.45) is 1.53. The van der Waals surface area contributed by atoms with Gasteiger partial charge in [-0.2, -0.15) is 0 Å². The normalized spacial score (nSPS) is 10.4. The van der Waals surface area contributed by atoms with Crippen molar-refractivity contribution in [2.75, 3.05) is 5.73 Å². The fourth-order valence-corrected chi connectivity index (χ4v) is 1.69. The van der Waals surface area contributed by atoms with Crippen LogP contribution in [-0.4, -0.2) is 9.55 Å². The maximum atomic E-state index is 13.4. The molecule has 1 heterocycles. The van der Waals surface area contributed by atoms with Gasteiger partial charge in [-0.05, 0) is 28.1 Å². The Hall–Kier alpha value is -1.36. The highest BCUT2D eigenvalue weighted by atomic mass is 79.9. The Bertz CT molecular complexity index is 447. The lowest BCUT2D eigenvalue weighted by atomic mass is 10.3. The van der Waals surface area contributed by atoms with E-state index in [0.717, 1.165) is 0 Å². The van der Waals surface area contributed by atoms with Gasteiger partial charge in [-0.3, -0.25) is 4.57 Å². The van der Waals surface area contributed by atoms with Gasteiger partial charge in [0.05, 0.1) is 11.9 Å². The zero-order chi connectivity index (χ0) is 10.1. The van der Waals surface area contributed by atoms with Gasteiger partial charge in [-0.1, -0.05) is 12.1 Å². The van der Waals surface area contributed by atoms with Crippen molar-refractivity contribution in [1.82, 2.24) is 9.55 Å². The molecule has 72 valence electrons. The lowest BCUT2D eigenvalue weighted by Gasteiger charge is -2.06. The Balaban J connectivity index is 2.66. The van der Waals surface area contributed by atoms with Gasteiger partial charge >= 0.3 is 0 Å². The minimum Gasteiger partial charge on any atom is -0.369 e. The molecule has 0 unspecified atom stereocenters. The van der Waals surface area contributed by atoms with E-state index in [9.17, 15) is 4.39 Å². The zero-order valence-electron chi connectivity index (χ0n) is 7.11. The van der Waals surface area contributed by atoms with Crippen LogP contribution in [0.2, 0.25) is 0 Å². The summed E-state index contributed by atoms with van der Waals surface area (Å²) < 4.78 is 15.5. The van der Waals surface area contributed by atoms with Crippen molar-refractivity contribution in [3.63, 3.8) is 0 Å². The number of nitrogens with two attached hydrogens (primary N) is 1. The van der Waals surface area contributed by atoms with Crippen molar-refractivity contribution >= 4 is 21.9 Å². The van der Waals surface area contributed by atoms with E-state index in [4.69, 9.17) is 5.73 Å². The van der Waals surface area contributed by atoms with Crippen molar-refractivity contribution in [2.45, 2.75) is 0 Å². The highest BCUT2D eigenvalue weighted by Crippen LogP contribution is 2.22. The van der Waals surface area contributed by atoms with Crippen LogP contribution in [0.15, 0.2) is 35.1 Å².